The summed E-state index contributed by atoms with van der Waals surface area (Å²) in [7, 11) is -2.95. The van der Waals surface area contributed by atoms with E-state index in [1.54, 1.807) is 0 Å². The molecule has 1 aliphatic carbocycles. The summed E-state index contributed by atoms with van der Waals surface area (Å²) >= 11 is 0. The molecule has 14 heavy (non-hydrogen) atoms. The van der Waals surface area contributed by atoms with Gasteiger partial charge in [-0.05, 0) is 31.1 Å². The van der Waals surface area contributed by atoms with Crippen LogP contribution < -0.4 is 4.72 Å². The van der Waals surface area contributed by atoms with Crippen molar-refractivity contribution in [2.75, 3.05) is 6.54 Å². The highest BCUT2D eigenvalue weighted by Gasteiger charge is 2.35. The fourth-order valence-electron chi connectivity index (χ4n) is 1.33. The normalized spacial score (nSPS) is 18.5. The fraction of sp³-hybridized carbons (Fsp3) is 1.00. The van der Waals surface area contributed by atoms with Crippen LogP contribution in [0.15, 0.2) is 0 Å². The number of sulfonamides is 1. The highest BCUT2D eigenvalue weighted by atomic mass is 32.2. The second kappa shape index (κ2) is 4.19. The first-order valence-corrected chi connectivity index (χ1v) is 6.84. The summed E-state index contributed by atoms with van der Waals surface area (Å²) in [6.45, 7) is 7.10. The molecule has 0 saturated heterocycles. The molecule has 84 valence electrons. The number of rotatable bonds is 5. The Morgan fingerprint density at radius 1 is 1.29 bits per heavy atom. The minimum Gasteiger partial charge on any atom is -0.215 e. The van der Waals surface area contributed by atoms with Gasteiger partial charge in [0.05, 0.1) is 5.25 Å². The maximum Gasteiger partial charge on any atom is 0.214 e. The molecule has 0 aliphatic heterocycles. The summed E-state index contributed by atoms with van der Waals surface area (Å²) < 4.78 is 25.5. The monoisotopic (exact) mass is 219 g/mol. The molecule has 0 aromatic rings. The molecule has 0 aromatic carbocycles. The van der Waals surface area contributed by atoms with E-state index in [2.05, 4.69) is 25.5 Å². The molecule has 0 aromatic heterocycles. The van der Waals surface area contributed by atoms with E-state index in [4.69, 9.17) is 0 Å². The predicted molar refractivity (Wildman–Crippen MR) is 58.6 cm³/mol. The van der Waals surface area contributed by atoms with Gasteiger partial charge in [-0.1, -0.05) is 20.8 Å². The van der Waals surface area contributed by atoms with Crippen molar-refractivity contribution < 1.29 is 8.42 Å². The van der Waals surface area contributed by atoms with Crippen LogP contribution in [0.4, 0.5) is 0 Å². The topological polar surface area (TPSA) is 46.2 Å². The molecular weight excluding hydrogens is 198 g/mol. The number of hydrogen-bond donors (Lipinski definition) is 1. The SMILES string of the molecule is CC(C)(C)CCCNS(=O)(=O)C1CC1. The lowest BCUT2D eigenvalue weighted by molar-refractivity contribution is 0.365. The van der Waals surface area contributed by atoms with Crippen LogP contribution in [0.5, 0.6) is 0 Å². The van der Waals surface area contributed by atoms with Crippen molar-refractivity contribution in [3.63, 3.8) is 0 Å². The van der Waals surface area contributed by atoms with Crippen molar-refractivity contribution >= 4 is 10.0 Å². The summed E-state index contributed by atoms with van der Waals surface area (Å²) in [6, 6.07) is 0. The zero-order valence-corrected chi connectivity index (χ0v) is 10.2. The van der Waals surface area contributed by atoms with Gasteiger partial charge in [-0.2, -0.15) is 0 Å². The fourth-order valence-corrected chi connectivity index (χ4v) is 2.75. The zero-order valence-electron chi connectivity index (χ0n) is 9.34. The van der Waals surface area contributed by atoms with E-state index in [0.717, 1.165) is 25.7 Å². The molecule has 1 saturated carbocycles. The molecule has 1 aliphatic rings. The van der Waals surface area contributed by atoms with Gasteiger partial charge in [-0.25, -0.2) is 13.1 Å². The van der Waals surface area contributed by atoms with Crippen molar-refractivity contribution in [2.45, 2.75) is 51.7 Å². The van der Waals surface area contributed by atoms with Crippen molar-refractivity contribution in [1.29, 1.82) is 0 Å². The minimum absolute atomic E-state index is 0.0860. The van der Waals surface area contributed by atoms with Crippen LogP contribution in [0.3, 0.4) is 0 Å². The molecule has 0 bridgehead atoms. The Hall–Kier alpha value is -0.0900. The molecular formula is C10H21NO2S. The standard InChI is InChI=1S/C10H21NO2S/c1-10(2,3)7-4-8-11-14(12,13)9-5-6-9/h9,11H,4-8H2,1-3H3. The lowest BCUT2D eigenvalue weighted by Crippen LogP contribution is -2.28. The maximum absolute atomic E-state index is 11.4. The Bertz CT molecular complexity index is 273. The largest absolute Gasteiger partial charge is 0.215 e. The lowest BCUT2D eigenvalue weighted by atomic mass is 9.91. The average molecular weight is 219 g/mol. The summed E-state index contributed by atoms with van der Waals surface area (Å²) in [5.74, 6) is 0. The van der Waals surface area contributed by atoms with Crippen molar-refractivity contribution in [1.82, 2.24) is 4.72 Å². The first kappa shape index (κ1) is 12.0. The first-order chi connectivity index (χ1) is 6.31. The average Bonchev–Trinajstić information content (AvgIpc) is 2.78. The molecule has 0 atom stereocenters. The highest BCUT2D eigenvalue weighted by Crippen LogP contribution is 2.27. The molecule has 0 heterocycles. The van der Waals surface area contributed by atoms with E-state index in [1.807, 2.05) is 0 Å². The van der Waals surface area contributed by atoms with Crippen LogP contribution >= 0.6 is 0 Å². The van der Waals surface area contributed by atoms with Crippen molar-refractivity contribution in [2.24, 2.45) is 5.41 Å². The van der Waals surface area contributed by atoms with Gasteiger partial charge >= 0.3 is 0 Å². The Morgan fingerprint density at radius 2 is 1.86 bits per heavy atom. The van der Waals surface area contributed by atoms with E-state index >= 15 is 0 Å². The van der Waals surface area contributed by atoms with Crippen molar-refractivity contribution in [3.05, 3.63) is 0 Å². The zero-order chi connectivity index (χ0) is 10.8. The molecule has 0 amide bonds. The molecule has 4 heteroatoms. The van der Waals surface area contributed by atoms with Crippen molar-refractivity contribution in [3.8, 4) is 0 Å². The lowest BCUT2D eigenvalue weighted by Gasteiger charge is -2.17. The van der Waals surface area contributed by atoms with Gasteiger partial charge in [-0.15, -0.1) is 0 Å². The predicted octanol–water partition coefficient (Wildman–Crippen LogP) is 1.89. The highest BCUT2D eigenvalue weighted by molar-refractivity contribution is 7.90. The molecule has 1 fully saturated rings. The maximum atomic E-state index is 11.4. The summed E-state index contributed by atoms with van der Waals surface area (Å²) in [5.41, 5.74) is 0.297. The van der Waals surface area contributed by atoms with E-state index in [-0.39, 0.29) is 5.25 Å². The minimum atomic E-state index is -2.95. The van der Waals surface area contributed by atoms with Crippen LogP contribution in [0.1, 0.15) is 46.5 Å². The molecule has 1 N–H and O–H groups in total. The van der Waals surface area contributed by atoms with Gasteiger partial charge in [0, 0.05) is 6.54 Å². The van der Waals surface area contributed by atoms with E-state index < -0.39 is 10.0 Å². The quantitative estimate of drug-likeness (QED) is 0.718. The van der Waals surface area contributed by atoms with Gasteiger partial charge < -0.3 is 0 Å². The third kappa shape index (κ3) is 4.42. The first-order valence-electron chi connectivity index (χ1n) is 5.30. The Balaban J connectivity index is 2.15. The van der Waals surface area contributed by atoms with Gasteiger partial charge in [-0.3, -0.25) is 0 Å². The second-order valence-corrected chi connectivity index (χ2v) is 7.35. The van der Waals surface area contributed by atoms with E-state index in [9.17, 15) is 8.42 Å². The number of hydrogen-bond acceptors (Lipinski definition) is 2. The van der Waals surface area contributed by atoms with Crippen LogP contribution in [0.2, 0.25) is 0 Å². The van der Waals surface area contributed by atoms with Gasteiger partial charge in [0.25, 0.3) is 0 Å². The third-order valence-corrected chi connectivity index (χ3v) is 4.33. The molecule has 0 radical (unpaired) electrons. The molecule has 0 spiro atoms. The van der Waals surface area contributed by atoms with Crippen LogP contribution in [0.25, 0.3) is 0 Å². The smallest absolute Gasteiger partial charge is 0.214 e. The van der Waals surface area contributed by atoms with Crippen LogP contribution in [0, 0.1) is 5.41 Å². The second-order valence-electron chi connectivity index (χ2n) is 5.30. The third-order valence-electron chi connectivity index (χ3n) is 2.37. The van der Waals surface area contributed by atoms with E-state index in [0.29, 0.717) is 12.0 Å². The Labute approximate surface area is 87.3 Å². The van der Waals surface area contributed by atoms with Gasteiger partial charge in [0.15, 0.2) is 0 Å². The molecule has 1 rings (SSSR count). The summed E-state index contributed by atoms with van der Waals surface area (Å²) in [4.78, 5) is 0. The van der Waals surface area contributed by atoms with Gasteiger partial charge in [0.2, 0.25) is 10.0 Å². The summed E-state index contributed by atoms with van der Waals surface area (Å²) in [6.07, 6.45) is 3.67. The molecule has 0 unspecified atom stereocenters. The number of nitrogens with one attached hydrogen (secondary N) is 1. The summed E-state index contributed by atoms with van der Waals surface area (Å²) in [5, 5.41) is -0.0860. The Kier molecular flexibility index (Phi) is 3.58. The Morgan fingerprint density at radius 3 is 2.29 bits per heavy atom. The van der Waals surface area contributed by atoms with Crippen LogP contribution in [-0.2, 0) is 10.0 Å². The van der Waals surface area contributed by atoms with Crippen LogP contribution in [-0.4, -0.2) is 20.2 Å². The van der Waals surface area contributed by atoms with E-state index in [1.165, 1.54) is 0 Å². The molecule has 3 nitrogen and oxygen atoms in total. The van der Waals surface area contributed by atoms with Gasteiger partial charge in [0.1, 0.15) is 0 Å².